The summed E-state index contributed by atoms with van der Waals surface area (Å²) in [6.07, 6.45) is 0.703. The standard InChI is InChI=1S/C9H4ClFOS/c10-8-2-6(11)1-7-5(3-12)4-13-9(7)8/h1-4H. The molecule has 1 heterocycles. The zero-order valence-electron chi connectivity index (χ0n) is 6.38. The molecule has 66 valence electrons. The van der Waals surface area contributed by atoms with Crippen LogP contribution in [0.4, 0.5) is 4.39 Å². The largest absolute Gasteiger partial charge is 0.298 e. The molecule has 0 unspecified atom stereocenters. The van der Waals surface area contributed by atoms with Gasteiger partial charge in [-0.05, 0) is 12.1 Å². The Balaban J connectivity index is 2.89. The molecule has 0 N–H and O–H groups in total. The molecule has 0 atom stereocenters. The Bertz CT molecular complexity index is 478. The van der Waals surface area contributed by atoms with Crippen molar-refractivity contribution in [3.8, 4) is 0 Å². The summed E-state index contributed by atoms with van der Waals surface area (Å²) in [5.74, 6) is -0.418. The summed E-state index contributed by atoms with van der Waals surface area (Å²) in [5.41, 5.74) is 0.487. The molecule has 1 nitrogen and oxygen atoms in total. The van der Waals surface area contributed by atoms with E-state index in [9.17, 15) is 9.18 Å². The van der Waals surface area contributed by atoms with Crippen molar-refractivity contribution in [2.24, 2.45) is 0 Å². The van der Waals surface area contributed by atoms with Crippen LogP contribution in [0.2, 0.25) is 5.02 Å². The van der Waals surface area contributed by atoms with Crippen molar-refractivity contribution in [3.05, 3.63) is 33.9 Å². The average molecular weight is 215 g/mol. The van der Waals surface area contributed by atoms with Crippen LogP contribution in [0.25, 0.3) is 10.1 Å². The Labute approximate surface area is 82.7 Å². The van der Waals surface area contributed by atoms with Gasteiger partial charge in [0.15, 0.2) is 6.29 Å². The van der Waals surface area contributed by atoms with Crippen LogP contribution in [0.5, 0.6) is 0 Å². The van der Waals surface area contributed by atoms with E-state index in [1.54, 1.807) is 5.38 Å². The fraction of sp³-hybridized carbons (Fsp3) is 0. The number of halogens is 2. The predicted octanol–water partition coefficient (Wildman–Crippen LogP) is 3.51. The van der Waals surface area contributed by atoms with Gasteiger partial charge in [-0.1, -0.05) is 11.6 Å². The van der Waals surface area contributed by atoms with Crippen molar-refractivity contribution < 1.29 is 9.18 Å². The van der Waals surface area contributed by atoms with Crippen LogP contribution < -0.4 is 0 Å². The number of hydrogen-bond donors (Lipinski definition) is 0. The lowest BCUT2D eigenvalue weighted by Gasteiger charge is -1.94. The van der Waals surface area contributed by atoms with Crippen molar-refractivity contribution >= 4 is 39.3 Å². The highest BCUT2D eigenvalue weighted by molar-refractivity contribution is 7.18. The fourth-order valence-electron chi connectivity index (χ4n) is 1.17. The zero-order valence-corrected chi connectivity index (χ0v) is 7.95. The number of aldehydes is 1. The Hall–Kier alpha value is -0.930. The van der Waals surface area contributed by atoms with Gasteiger partial charge >= 0.3 is 0 Å². The van der Waals surface area contributed by atoms with Gasteiger partial charge < -0.3 is 0 Å². The van der Waals surface area contributed by atoms with Crippen molar-refractivity contribution in [2.45, 2.75) is 0 Å². The number of hydrogen-bond acceptors (Lipinski definition) is 2. The van der Waals surface area contributed by atoms with Crippen LogP contribution in [0.3, 0.4) is 0 Å². The molecule has 0 spiro atoms. The predicted molar refractivity (Wildman–Crippen MR) is 52.2 cm³/mol. The summed E-state index contributed by atoms with van der Waals surface area (Å²) in [6, 6.07) is 2.57. The second-order valence-electron chi connectivity index (χ2n) is 2.57. The van der Waals surface area contributed by atoms with Crippen LogP contribution in [-0.4, -0.2) is 6.29 Å². The number of benzene rings is 1. The Morgan fingerprint density at radius 3 is 2.92 bits per heavy atom. The molecule has 2 rings (SSSR count). The first-order valence-electron chi connectivity index (χ1n) is 3.54. The van der Waals surface area contributed by atoms with Crippen LogP contribution in [-0.2, 0) is 0 Å². The molecule has 4 heteroatoms. The molecular weight excluding hydrogens is 211 g/mol. The lowest BCUT2D eigenvalue weighted by Crippen LogP contribution is -1.78. The second-order valence-corrected chi connectivity index (χ2v) is 3.86. The first kappa shape index (κ1) is 8.66. The van der Waals surface area contributed by atoms with E-state index < -0.39 is 5.82 Å². The van der Waals surface area contributed by atoms with E-state index in [1.807, 2.05) is 0 Å². The second kappa shape index (κ2) is 3.09. The number of fused-ring (bicyclic) bond motifs is 1. The van der Waals surface area contributed by atoms with E-state index in [-0.39, 0.29) is 0 Å². The van der Waals surface area contributed by atoms with Gasteiger partial charge in [0.1, 0.15) is 5.82 Å². The molecule has 13 heavy (non-hydrogen) atoms. The van der Waals surface area contributed by atoms with Gasteiger partial charge in [0.2, 0.25) is 0 Å². The van der Waals surface area contributed by atoms with Crippen molar-refractivity contribution in [3.63, 3.8) is 0 Å². The molecule has 2 aromatic rings. The van der Waals surface area contributed by atoms with Crippen molar-refractivity contribution in [1.29, 1.82) is 0 Å². The SMILES string of the molecule is O=Cc1csc2c(Cl)cc(F)cc12. The maximum atomic E-state index is 12.9. The third kappa shape index (κ3) is 1.34. The first-order chi connectivity index (χ1) is 6.22. The highest BCUT2D eigenvalue weighted by Crippen LogP contribution is 2.32. The average Bonchev–Trinajstić information content (AvgIpc) is 2.47. The van der Waals surface area contributed by atoms with Crippen LogP contribution in [0.1, 0.15) is 10.4 Å². The monoisotopic (exact) mass is 214 g/mol. The molecule has 0 bridgehead atoms. The minimum absolute atomic E-state index is 0.355. The van der Waals surface area contributed by atoms with Gasteiger partial charge in [-0.15, -0.1) is 11.3 Å². The maximum Gasteiger partial charge on any atom is 0.151 e. The van der Waals surface area contributed by atoms with E-state index in [1.165, 1.54) is 23.5 Å². The Morgan fingerprint density at radius 2 is 2.23 bits per heavy atom. The molecule has 0 aliphatic carbocycles. The highest BCUT2D eigenvalue weighted by atomic mass is 35.5. The lowest BCUT2D eigenvalue weighted by molar-refractivity contribution is 0.112. The summed E-state index contributed by atoms with van der Waals surface area (Å²) in [6.45, 7) is 0. The lowest BCUT2D eigenvalue weighted by atomic mass is 10.2. The quantitative estimate of drug-likeness (QED) is 0.664. The van der Waals surface area contributed by atoms with Gasteiger partial charge in [-0.3, -0.25) is 4.79 Å². The maximum absolute atomic E-state index is 12.9. The van der Waals surface area contributed by atoms with Gasteiger partial charge in [0.05, 0.1) is 9.72 Å². The van der Waals surface area contributed by atoms with Crippen molar-refractivity contribution in [1.82, 2.24) is 0 Å². The van der Waals surface area contributed by atoms with Crippen molar-refractivity contribution in [2.75, 3.05) is 0 Å². The van der Waals surface area contributed by atoms with Crippen LogP contribution >= 0.6 is 22.9 Å². The number of thiophene rings is 1. The van der Waals surface area contributed by atoms with E-state index in [2.05, 4.69) is 0 Å². The number of rotatable bonds is 1. The summed E-state index contributed by atoms with van der Waals surface area (Å²) in [7, 11) is 0. The third-order valence-corrected chi connectivity index (χ3v) is 3.21. The van der Waals surface area contributed by atoms with Crippen LogP contribution in [0.15, 0.2) is 17.5 Å². The minimum atomic E-state index is -0.418. The molecule has 0 saturated carbocycles. The first-order valence-corrected chi connectivity index (χ1v) is 4.79. The molecule has 0 saturated heterocycles. The van der Waals surface area contributed by atoms with Gasteiger partial charge in [0.25, 0.3) is 0 Å². The number of carbonyl (C=O) groups is 1. The molecule has 0 aliphatic heterocycles. The molecule has 1 aromatic carbocycles. The van der Waals surface area contributed by atoms with Gasteiger partial charge in [-0.2, -0.15) is 0 Å². The van der Waals surface area contributed by atoms with E-state index in [4.69, 9.17) is 11.6 Å². The smallest absolute Gasteiger partial charge is 0.151 e. The van der Waals surface area contributed by atoms with E-state index in [0.29, 0.717) is 22.3 Å². The summed E-state index contributed by atoms with van der Waals surface area (Å²) >= 11 is 7.13. The van der Waals surface area contributed by atoms with E-state index in [0.717, 1.165) is 4.70 Å². The zero-order chi connectivity index (χ0) is 9.42. The molecule has 0 amide bonds. The molecular formula is C9H4ClFOS. The highest BCUT2D eigenvalue weighted by Gasteiger charge is 2.08. The normalized spacial score (nSPS) is 10.6. The fourth-order valence-corrected chi connectivity index (χ4v) is 2.41. The molecule has 0 aliphatic rings. The topological polar surface area (TPSA) is 17.1 Å². The summed E-state index contributed by atoms with van der Waals surface area (Å²) in [5, 5.41) is 2.61. The van der Waals surface area contributed by atoms with Gasteiger partial charge in [-0.25, -0.2) is 4.39 Å². The molecule has 0 radical (unpaired) electrons. The molecule has 0 fully saturated rings. The summed E-state index contributed by atoms with van der Waals surface area (Å²) < 4.78 is 13.7. The van der Waals surface area contributed by atoms with Crippen LogP contribution in [0, 0.1) is 5.82 Å². The molecule has 1 aromatic heterocycles. The Kier molecular flexibility index (Phi) is 2.06. The third-order valence-electron chi connectivity index (χ3n) is 1.75. The Morgan fingerprint density at radius 1 is 1.46 bits per heavy atom. The summed E-state index contributed by atoms with van der Waals surface area (Å²) in [4.78, 5) is 10.5. The van der Waals surface area contributed by atoms with Gasteiger partial charge in [0, 0.05) is 16.3 Å². The van der Waals surface area contributed by atoms with E-state index >= 15 is 0 Å². The number of carbonyl (C=O) groups excluding carboxylic acids is 1. The minimum Gasteiger partial charge on any atom is -0.298 e.